The number of ketones is 1. The van der Waals surface area contributed by atoms with E-state index in [-0.39, 0.29) is 27.8 Å². The number of hydrogen-bond donors (Lipinski definition) is 1. The molecule has 0 bridgehead atoms. The van der Waals surface area contributed by atoms with Crippen molar-refractivity contribution < 1.29 is 22.7 Å². The molecule has 3 rings (SSSR count). The lowest BCUT2D eigenvalue weighted by Crippen LogP contribution is -2.42. The summed E-state index contributed by atoms with van der Waals surface area (Å²) in [6, 6.07) is 9.08. The van der Waals surface area contributed by atoms with Crippen LogP contribution >= 0.6 is 11.6 Å². The molecule has 1 heterocycles. The Morgan fingerprint density at radius 2 is 1.86 bits per heavy atom. The Bertz CT molecular complexity index is 1110. The average Bonchev–Trinajstić information content (AvgIpc) is 2.63. The maximum atomic E-state index is 12.7. The molecule has 0 atom stereocenters. The summed E-state index contributed by atoms with van der Waals surface area (Å²) in [5, 5.41) is 2.72. The lowest BCUT2D eigenvalue weighted by Gasteiger charge is -2.31. The summed E-state index contributed by atoms with van der Waals surface area (Å²) in [4.78, 5) is 24.7. The van der Waals surface area contributed by atoms with Gasteiger partial charge in [-0.25, -0.2) is 12.7 Å². The third-order valence-electron chi connectivity index (χ3n) is 4.66. The van der Waals surface area contributed by atoms with Crippen LogP contribution in [0.1, 0.15) is 29.8 Å². The number of halogens is 1. The molecule has 0 unspecified atom stereocenters. The first kappa shape index (κ1) is 21.3. The molecule has 0 saturated carbocycles. The van der Waals surface area contributed by atoms with Gasteiger partial charge in [0.05, 0.1) is 5.02 Å². The van der Waals surface area contributed by atoms with Gasteiger partial charge in [-0.2, -0.15) is 0 Å². The molecule has 2 aromatic carbocycles. The van der Waals surface area contributed by atoms with E-state index in [0.29, 0.717) is 16.9 Å². The Balaban J connectivity index is 1.87. The number of hydrogen-bond acceptors (Lipinski definition) is 5. The summed E-state index contributed by atoms with van der Waals surface area (Å²) in [5.41, 5.74) is 0.348. The third kappa shape index (κ3) is 4.14. The van der Waals surface area contributed by atoms with Crippen molar-refractivity contribution in [1.82, 2.24) is 4.31 Å². The molecule has 1 aliphatic heterocycles. The Morgan fingerprint density at radius 3 is 2.52 bits per heavy atom. The zero-order chi connectivity index (χ0) is 21.6. The van der Waals surface area contributed by atoms with Crippen molar-refractivity contribution >= 4 is 39.0 Å². The van der Waals surface area contributed by atoms with E-state index in [1.54, 1.807) is 32.0 Å². The molecule has 0 fully saturated rings. The predicted molar refractivity (Wildman–Crippen MR) is 110 cm³/mol. The highest BCUT2D eigenvalue weighted by Crippen LogP contribution is 2.32. The molecule has 29 heavy (non-hydrogen) atoms. The fourth-order valence-corrected chi connectivity index (χ4v) is 4.25. The second kappa shape index (κ2) is 7.44. The lowest BCUT2D eigenvalue weighted by molar-refractivity contribution is -0.132. The molecule has 0 aliphatic carbocycles. The monoisotopic (exact) mass is 436 g/mol. The van der Waals surface area contributed by atoms with E-state index in [9.17, 15) is 18.0 Å². The first-order valence-electron chi connectivity index (χ1n) is 8.80. The number of sulfonamides is 1. The van der Waals surface area contributed by atoms with Gasteiger partial charge >= 0.3 is 0 Å². The molecule has 9 heteroatoms. The second-order valence-electron chi connectivity index (χ2n) is 7.42. The fourth-order valence-electron chi connectivity index (χ4n) is 2.85. The molecule has 7 nitrogen and oxygen atoms in total. The van der Waals surface area contributed by atoms with Gasteiger partial charge in [-0.3, -0.25) is 9.59 Å². The van der Waals surface area contributed by atoms with E-state index in [4.69, 9.17) is 16.3 Å². The molecule has 2 aromatic rings. The minimum Gasteiger partial charge on any atom is -0.480 e. The summed E-state index contributed by atoms with van der Waals surface area (Å²) in [6.45, 7) is 3.41. The number of carbonyl (C=O) groups is 2. The largest absolute Gasteiger partial charge is 0.480 e. The summed E-state index contributed by atoms with van der Waals surface area (Å²) >= 11 is 6.03. The smallest absolute Gasteiger partial charge is 0.255 e. The number of ether oxygens (including phenoxy) is 1. The van der Waals surface area contributed by atoms with Crippen LogP contribution < -0.4 is 10.1 Å². The van der Waals surface area contributed by atoms with E-state index in [0.717, 1.165) is 4.31 Å². The van der Waals surface area contributed by atoms with Gasteiger partial charge in [-0.15, -0.1) is 0 Å². The van der Waals surface area contributed by atoms with Gasteiger partial charge in [0.15, 0.2) is 11.4 Å². The molecule has 1 aliphatic rings. The maximum Gasteiger partial charge on any atom is 0.255 e. The zero-order valence-corrected chi connectivity index (χ0v) is 18.0. The van der Waals surface area contributed by atoms with E-state index in [1.807, 2.05) is 0 Å². The van der Waals surface area contributed by atoms with Crippen molar-refractivity contribution in [3.05, 3.63) is 52.5 Å². The third-order valence-corrected chi connectivity index (χ3v) is 6.95. The van der Waals surface area contributed by atoms with Crippen molar-refractivity contribution in [3.8, 4) is 5.75 Å². The van der Waals surface area contributed by atoms with Gasteiger partial charge in [0.2, 0.25) is 10.0 Å². The van der Waals surface area contributed by atoms with Crippen LogP contribution in [0.15, 0.2) is 41.3 Å². The molecule has 1 amide bonds. The Hall–Kier alpha value is -2.42. The highest BCUT2D eigenvalue weighted by atomic mass is 35.5. The standard InChI is InChI=1S/C20H21ClN2O5S/c1-20(2)18(24)10-13-9-12(5-8-16(13)28-20)19(25)22-14-6-7-15(21)17(11-14)29(26,27)23(3)4/h5-9,11H,10H2,1-4H3,(H,22,25). The fraction of sp³-hybridized carbons (Fsp3) is 0.300. The van der Waals surface area contributed by atoms with Crippen LogP contribution in [0.25, 0.3) is 0 Å². The number of nitrogens with zero attached hydrogens (tertiary/aromatic N) is 1. The average molecular weight is 437 g/mol. The molecule has 0 saturated heterocycles. The van der Waals surface area contributed by atoms with Crippen molar-refractivity contribution in [3.63, 3.8) is 0 Å². The van der Waals surface area contributed by atoms with E-state index in [2.05, 4.69) is 5.32 Å². The topological polar surface area (TPSA) is 92.8 Å². The van der Waals surface area contributed by atoms with Crippen LogP contribution in [0.3, 0.4) is 0 Å². The molecular weight excluding hydrogens is 416 g/mol. The molecule has 0 aromatic heterocycles. The summed E-state index contributed by atoms with van der Waals surface area (Å²) in [6.07, 6.45) is 0.176. The first-order valence-corrected chi connectivity index (χ1v) is 10.6. The summed E-state index contributed by atoms with van der Waals surface area (Å²) in [5.74, 6) is 0.0522. The Kier molecular flexibility index (Phi) is 5.46. The quantitative estimate of drug-likeness (QED) is 0.794. The van der Waals surface area contributed by atoms with Crippen molar-refractivity contribution in [2.75, 3.05) is 19.4 Å². The van der Waals surface area contributed by atoms with Crippen LogP contribution in [0.4, 0.5) is 5.69 Å². The van der Waals surface area contributed by atoms with Gasteiger partial charge in [0.1, 0.15) is 10.6 Å². The van der Waals surface area contributed by atoms with Crippen LogP contribution in [0.2, 0.25) is 5.02 Å². The number of fused-ring (bicyclic) bond motifs is 1. The van der Waals surface area contributed by atoms with E-state index in [1.165, 1.54) is 32.3 Å². The highest BCUT2D eigenvalue weighted by molar-refractivity contribution is 7.89. The first-order chi connectivity index (χ1) is 13.4. The number of benzene rings is 2. The van der Waals surface area contributed by atoms with Gasteiger partial charge in [0.25, 0.3) is 5.91 Å². The summed E-state index contributed by atoms with van der Waals surface area (Å²) < 4.78 is 31.5. The lowest BCUT2D eigenvalue weighted by atomic mass is 9.92. The maximum absolute atomic E-state index is 12.7. The van der Waals surface area contributed by atoms with E-state index >= 15 is 0 Å². The van der Waals surface area contributed by atoms with Gasteiger partial charge in [0, 0.05) is 37.3 Å². The molecule has 154 valence electrons. The van der Waals surface area contributed by atoms with Gasteiger partial charge < -0.3 is 10.1 Å². The normalized spacial score (nSPS) is 15.6. The van der Waals surface area contributed by atoms with Crippen LogP contribution in [-0.2, 0) is 21.2 Å². The molecule has 0 spiro atoms. The minimum absolute atomic E-state index is 0.0590. The Labute approximate surface area is 174 Å². The molecule has 1 N–H and O–H groups in total. The number of Topliss-reactive ketones (excluding diaryl/α,β-unsaturated/α-hetero) is 1. The van der Waals surface area contributed by atoms with Gasteiger partial charge in [-0.05, 0) is 50.2 Å². The van der Waals surface area contributed by atoms with Crippen molar-refractivity contribution in [2.24, 2.45) is 0 Å². The number of amides is 1. The number of anilines is 1. The van der Waals surface area contributed by atoms with Crippen LogP contribution in [0, 0.1) is 0 Å². The number of rotatable bonds is 4. The highest BCUT2D eigenvalue weighted by Gasteiger charge is 2.35. The SMILES string of the molecule is CN(C)S(=O)(=O)c1cc(NC(=O)c2ccc3c(c2)CC(=O)C(C)(C)O3)ccc1Cl. The zero-order valence-electron chi connectivity index (χ0n) is 16.4. The predicted octanol–water partition coefficient (Wildman–Crippen LogP) is 3.13. The molecule has 0 radical (unpaired) electrons. The van der Waals surface area contributed by atoms with Crippen molar-refractivity contribution in [2.45, 2.75) is 30.8 Å². The van der Waals surface area contributed by atoms with Crippen LogP contribution in [-0.4, -0.2) is 44.1 Å². The second-order valence-corrected chi connectivity index (χ2v) is 9.95. The molecular formula is C20H21ClN2O5S. The van der Waals surface area contributed by atoms with Crippen molar-refractivity contribution in [1.29, 1.82) is 0 Å². The number of carbonyl (C=O) groups excluding carboxylic acids is 2. The summed E-state index contributed by atoms with van der Waals surface area (Å²) in [7, 11) is -0.969. The Morgan fingerprint density at radius 1 is 1.17 bits per heavy atom. The number of nitrogens with one attached hydrogen (secondary N) is 1. The van der Waals surface area contributed by atoms with E-state index < -0.39 is 21.5 Å². The minimum atomic E-state index is -3.76. The van der Waals surface area contributed by atoms with Crippen LogP contribution in [0.5, 0.6) is 5.75 Å². The van der Waals surface area contributed by atoms with Gasteiger partial charge in [-0.1, -0.05) is 11.6 Å².